The molecule has 1 heterocycles. The van der Waals surface area contributed by atoms with Gasteiger partial charge in [0, 0.05) is 37.1 Å². The molecular formula is C18H18N6O5S. The second-order valence-corrected chi connectivity index (χ2v) is 7.77. The lowest BCUT2D eigenvalue weighted by Crippen LogP contribution is -2.17. The molecule has 0 fully saturated rings. The summed E-state index contributed by atoms with van der Waals surface area (Å²) in [5.74, 6) is -0.302. The third-order valence-corrected chi connectivity index (χ3v) is 4.97. The van der Waals surface area contributed by atoms with Gasteiger partial charge in [0.05, 0.1) is 15.5 Å². The fourth-order valence-corrected chi connectivity index (χ4v) is 3.20. The molecule has 156 valence electrons. The van der Waals surface area contributed by atoms with Crippen molar-refractivity contribution >= 4 is 33.0 Å². The molecule has 0 aliphatic heterocycles. The fourth-order valence-electron chi connectivity index (χ4n) is 2.67. The quantitative estimate of drug-likeness (QED) is 0.363. The normalized spacial score (nSPS) is 11.1. The van der Waals surface area contributed by atoms with E-state index in [1.54, 1.807) is 41.3 Å². The van der Waals surface area contributed by atoms with E-state index in [0.29, 0.717) is 5.69 Å². The van der Waals surface area contributed by atoms with E-state index in [-0.39, 0.29) is 29.5 Å². The molecule has 3 rings (SSSR count). The number of nitrogens with one attached hydrogen (secondary N) is 2. The largest absolute Gasteiger partial charge is 0.379 e. The van der Waals surface area contributed by atoms with Crippen molar-refractivity contribution in [1.82, 2.24) is 9.78 Å². The van der Waals surface area contributed by atoms with Crippen LogP contribution in [0.25, 0.3) is 5.69 Å². The average molecular weight is 430 g/mol. The van der Waals surface area contributed by atoms with Crippen molar-refractivity contribution in [2.45, 2.75) is 11.3 Å². The first-order valence-electron chi connectivity index (χ1n) is 8.69. The summed E-state index contributed by atoms with van der Waals surface area (Å²) in [5, 5.41) is 25.9. The number of nitrogens with two attached hydrogens (primary N) is 1. The van der Waals surface area contributed by atoms with Crippen LogP contribution in [0.2, 0.25) is 0 Å². The van der Waals surface area contributed by atoms with Crippen LogP contribution in [0.1, 0.15) is 6.42 Å². The predicted molar refractivity (Wildman–Crippen MR) is 110 cm³/mol. The van der Waals surface area contributed by atoms with Crippen molar-refractivity contribution in [3.05, 3.63) is 71.0 Å². The summed E-state index contributed by atoms with van der Waals surface area (Å²) in [6, 6.07) is 12.2. The third-order valence-electron chi connectivity index (χ3n) is 4.06. The van der Waals surface area contributed by atoms with E-state index in [0.717, 1.165) is 17.8 Å². The van der Waals surface area contributed by atoms with Crippen LogP contribution in [-0.2, 0) is 14.8 Å². The Bertz CT molecular complexity index is 1180. The van der Waals surface area contributed by atoms with Crippen molar-refractivity contribution in [3.63, 3.8) is 0 Å². The van der Waals surface area contributed by atoms with Gasteiger partial charge in [0.2, 0.25) is 15.9 Å². The molecule has 0 aliphatic carbocycles. The van der Waals surface area contributed by atoms with Crippen LogP contribution in [-0.4, -0.2) is 35.6 Å². The highest BCUT2D eigenvalue weighted by Crippen LogP contribution is 2.27. The molecule has 1 amide bonds. The van der Waals surface area contributed by atoms with Crippen molar-refractivity contribution in [1.29, 1.82) is 0 Å². The van der Waals surface area contributed by atoms with Crippen molar-refractivity contribution in [2.75, 3.05) is 17.2 Å². The van der Waals surface area contributed by atoms with E-state index in [2.05, 4.69) is 15.7 Å². The average Bonchev–Trinajstić information content (AvgIpc) is 3.22. The lowest BCUT2D eigenvalue weighted by atomic mass is 10.2. The lowest BCUT2D eigenvalue weighted by molar-refractivity contribution is -0.384. The molecule has 0 saturated heterocycles. The first-order chi connectivity index (χ1) is 14.2. The summed E-state index contributed by atoms with van der Waals surface area (Å²) in [7, 11) is -4.07. The van der Waals surface area contributed by atoms with Gasteiger partial charge >= 0.3 is 0 Å². The number of carbonyl (C=O) groups is 1. The van der Waals surface area contributed by atoms with Gasteiger partial charge in [-0.3, -0.25) is 14.9 Å². The number of sulfonamides is 1. The Balaban J connectivity index is 1.61. The van der Waals surface area contributed by atoms with Gasteiger partial charge in [-0.25, -0.2) is 18.2 Å². The zero-order valence-corrected chi connectivity index (χ0v) is 16.4. The number of nitrogens with zero attached hydrogens (tertiary/aromatic N) is 3. The lowest BCUT2D eigenvalue weighted by Gasteiger charge is -2.10. The number of benzene rings is 2. The Hall–Kier alpha value is -3.77. The van der Waals surface area contributed by atoms with Crippen LogP contribution < -0.4 is 15.8 Å². The number of hydrogen-bond donors (Lipinski definition) is 3. The number of primary sulfonamides is 1. The van der Waals surface area contributed by atoms with Gasteiger partial charge in [0.15, 0.2) is 0 Å². The minimum atomic E-state index is -4.07. The van der Waals surface area contributed by atoms with Crippen LogP contribution >= 0.6 is 0 Å². The molecule has 12 heteroatoms. The Kier molecular flexibility index (Phi) is 6.09. The van der Waals surface area contributed by atoms with E-state index in [4.69, 9.17) is 5.14 Å². The van der Waals surface area contributed by atoms with Crippen molar-refractivity contribution < 1.29 is 18.1 Å². The predicted octanol–water partition coefficient (Wildman–Crippen LogP) is 1.87. The van der Waals surface area contributed by atoms with E-state index in [1.165, 1.54) is 6.07 Å². The van der Waals surface area contributed by atoms with Gasteiger partial charge in [-0.15, -0.1) is 0 Å². The SMILES string of the molecule is NS(=O)(=O)c1ccc(NCCC(=O)Nc2cccc(-n3cccn3)c2)c([N+](=O)[O-])c1. The summed E-state index contributed by atoms with van der Waals surface area (Å²) in [4.78, 5) is 22.3. The monoisotopic (exact) mass is 430 g/mol. The van der Waals surface area contributed by atoms with Crippen LogP contribution in [0.15, 0.2) is 65.8 Å². The minimum absolute atomic E-state index is 0.0279. The molecule has 0 saturated carbocycles. The van der Waals surface area contributed by atoms with E-state index in [9.17, 15) is 23.3 Å². The number of aromatic nitrogens is 2. The van der Waals surface area contributed by atoms with E-state index in [1.807, 2.05) is 6.07 Å². The van der Waals surface area contributed by atoms with Crippen LogP contribution in [0.5, 0.6) is 0 Å². The molecule has 4 N–H and O–H groups in total. The summed E-state index contributed by atoms with van der Waals surface area (Å²) < 4.78 is 24.4. The first kappa shape index (κ1) is 21.0. The number of rotatable bonds is 8. The number of anilines is 2. The van der Waals surface area contributed by atoms with Crippen molar-refractivity contribution in [3.8, 4) is 5.69 Å². The summed E-state index contributed by atoms with van der Waals surface area (Å²) in [6.07, 6.45) is 3.45. The van der Waals surface area contributed by atoms with Crippen LogP contribution in [0.3, 0.4) is 0 Å². The molecule has 0 bridgehead atoms. The zero-order valence-electron chi connectivity index (χ0n) is 15.6. The molecule has 2 aromatic carbocycles. The fraction of sp³-hybridized carbons (Fsp3) is 0.111. The highest BCUT2D eigenvalue weighted by atomic mass is 32.2. The molecule has 3 aromatic rings. The molecule has 30 heavy (non-hydrogen) atoms. The maximum Gasteiger partial charge on any atom is 0.293 e. The Morgan fingerprint density at radius 1 is 1.20 bits per heavy atom. The number of nitro groups is 1. The molecule has 1 aromatic heterocycles. The molecule has 0 aliphatic rings. The second-order valence-electron chi connectivity index (χ2n) is 6.21. The third kappa shape index (κ3) is 5.18. The summed E-state index contributed by atoms with van der Waals surface area (Å²) in [5.41, 5.74) is 0.993. The minimum Gasteiger partial charge on any atom is -0.379 e. The molecule has 0 radical (unpaired) electrons. The van der Waals surface area contributed by atoms with Gasteiger partial charge in [-0.1, -0.05) is 6.07 Å². The summed E-state index contributed by atoms with van der Waals surface area (Å²) in [6.45, 7) is 0.0975. The zero-order chi connectivity index (χ0) is 21.7. The highest BCUT2D eigenvalue weighted by Gasteiger charge is 2.19. The van der Waals surface area contributed by atoms with Gasteiger partial charge < -0.3 is 10.6 Å². The number of hydrogen-bond acceptors (Lipinski definition) is 7. The summed E-state index contributed by atoms with van der Waals surface area (Å²) >= 11 is 0. The van der Waals surface area contributed by atoms with Gasteiger partial charge in [0.1, 0.15) is 5.69 Å². The van der Waals surface area contributed by atoms with Gasteiger partial charge in [0.25, 0.3) is 5.69 Å². The van der Waals surface area contributed by atoms with Crippen LogP contribution in [0.4, 0.5) is 17.1 Å². The number of nitro benzene ring substituents is 1. The van der Waals surface area contributed by atoms with E-state index < -0.39 is 20.6 Å². The second kappa shape index (κ2) is 8.71. The number of amides is 1. The topological polar surface area (TPSA) is 162 Å². The Morgan fingerprint density at radius 3 is 2.67 bits per heavy atom. The van der Waals surface area contributed by atoms with Crippen LogP contribution in [0, 0.1) is 10.1 Å². The molecule has 11 nitrogen and oxygen atoms in total. The van der Waals surface area contributed by atoms with E-state index >= 15 is 0 Å². The molecule has 0 unspecified atom stereocenters. The van der Waals surface area contributed by atoms with Crippen molar-refractivity contribution in [2.24, 2.45) is 5.14 Å². The Morgan fingerprint density at radius 2 is 2.00 bits per heavy atom. The van der Waals surface area contributed by atoms with Gasteiger partial charge in [-0.05, 0) is 36.4 Å². The standard InChI is InChI=1S/C18H18N6O5S/c19-30(28,29)15-5-6-16(17(12-15)24(26)27)20-9-7-18(25)22-13-3-1-4-14(11-13)23-10-2-8-21-23/h1-6,8,10-12,20H,7,9H2,(H,22,25)(H2,19,28,29). The van der Waals surface area contributed by atoms with Gasteiger partial charge in [-0.2, -0.15) is 5.10 Å². The first-order valence-corrected chi connectivity index (χ1v) is 10.2. The highest BCUT2D eigenvalue weighted by molar-refractivity contribution is 7.89. The maximum absolute atomic E-state index is 12.2. The molecule has 0 spiro atoms. The molecular weight excluding hydrogens is 412 g/mol. The maximum atomic E-state index is 12.2. The Labute approximate surface area is 171 Å². The molecule has 0 atom stereocenters. The number of carbonyl (C=O) groups excluding carboxylic acids is 1. The smallest absolute Gasteiger partial charge is 0.293 e.